The van der Waals surface area contributed by atoms with Gasteiger partial charge in [0.1, 0.15) is 12.4 Å². The van der Waals surface area contributed by atoms with Crippen molar-refractivity contribution < 1.29 is 4.74 Å². The third kappa shape index (κ3) is 5.19. The summed E-state index contributed by atoms with van der Waals surface area (Å²) in [4.78, 5) is 4.28. The molecule has 128 valence electrons. The van der Waals surface area contributed by atoms with E-state index < -0.39 is 0 Å². The highest BCUT2D eigenvalue weighted by atomic mass is 35.5. The molecule has 0 radical (unpaired) electrons. The molecule has 4 nitrogen and oxygen atoms in total. The number of nitrogens with one attached hydrogen (secondary N) is 1. The molecule has 0 unspecified atom stereocenters. The molecule has 0 saturated carbocycles. The fourth-order valence-electron chi connectivity index (χ4n) is 2.05. The molecule has 0 fully saturated rings. The molecular weight excluding hydrogens is 377 g/mol. The largest absolute Gasteiger partial charge is 0.489 e. The Bertz CT molecular complexity index is 896. The van der Waals surface area contributed by atoms with E-state index in [0.29, 0.717) is 16.7 Å². The van der Waals surface area contributed by atoms with Crippen molar-refractivity contribution in [2.24, 2.45) is 5.10 Å². The van der Waals surface area contributed by atoms with Gasteiger partial charge in [0.05, 0.1) is 22.0 Å². The molecule has 0 amide bonds. The predicted octanol–water partition coefficient (Wildman–Crippen LogP) is 5.78. The van der Waals surface area contributed by atoms with Crippen LogP contribution < -0.4 is 10.2 Å². The number of rotatable bonds is 6. The summed E-state index contributed by atoms with van der Waals surface area (Å²) < 4.78 is 5.80. The van der Waals surface area contributed by atoms with Crippen LogP contribution in [0.15, 0.2) is 52.9 Å². The lowest BCUT2D eigenvalue weighted by Gasteiger charge is -2.07. The maximum atomic E-state index is 6.01. The molecule has 1 aromatic heterocycles. The topological polar surface area (TPSA) is 46.5 Å². The number of anilines is 1. The van der Waals surface area contributed by atoms with Gasteiger partial charge in [-0.25, -0.2) is 4.98 Å². The third-order valence-electron chi connectivity index (χ3n) is 3.24. The number of hydrogen-bond donors (Lipinski definition) is 1. The van der Waals surface area contributed by atoms with Crippen molar-refractivity contribution >= 4 is 45.9 Å². The van der Waals surface area contributed by atoms with Gasteiger partial charge in [-0.15, -0.1) is 11.3 Å². The van der Waals surface area contributed by atoms with E-state index in [1.165, 1.54) is 11.3 Å². The Morgan fingerprint density at radius 2 is 2.08 bits per heavy atom. The van der Waals surface area contributed by atoms with Crippen LogP contribution in [0.25, 0.3) is 0 Å². The van der Waals surface area contributed by atoms with E-state index in [-0.39, 0.29) is 0 Å². The van der Waals surface area contributed by atoms with E-state index in [4.69, 9.17) is 27.9 Å². The Kier molecular flexibility index (Phi) is 5.91. The van der Waals surface area contributed by atoms with Crippen molar-refractivity contribution in [1.82, 2.24) is 4.98 Å². The molecule has 7 heteroatoms. The first-order valence-electron chi connectivity index (χ1n) is 7.48. The zero-order chi connectivity index (χ0) is 17.6. The van der Waals surface area contributed by atoms with Gasteiger partial charge in [-0.1, -0.05) is 41.4 Å². The highest BCUT2D eigenvalue weighted by Crippen LogP contribution is 2.23. The van der Waals surface area contributed by atoms with Crippen molar-refractivity contribution in [1.29, 1.82) is 0 Å². The third-order valence-corrected chi connectivity index (χ3v) is 4.84. The average Bonchev–Trinajstić information content (AvgIpc) is 3.02. The van der Waals surface area contributed by atoms with Crippen LogP contribution in [-0.2, 0) is 6.61 Å². The number of nitrogens with zero attached hydrogens (tertiary/aromatic N) is 2. The number of aryl methyl sites for hydroxylation is 1. The van der Waals surface area contributed by atoms with Crippen LogP contribution >= 0.6 is 34.5 Å². The van der Waals surface area contributed by atoms with Gasteiger partial charge in [0.2, 0.25) is 5.13 Å². The zero-order valence-electron chi connectivity index (χ0n) is 13.4. The summed E-state index contributed by atoms with van der Waals surface area (Å²) >= 11 is 13.4. The molecule has 1 N–H and O–H groups in total. The van der Waals surface area contributed by atoms with Gasteiger partial charge in [0, 0.05) is 5.38 Å². The smallest absolute Gasteiger partial charge is 0.203 e. The monoisotopic (exact) mass is 391 g/mol. The van der Waals surface area contributed by atoms with Crippen molar-refractivity contribution in [3.8, 4) is 5.75 Å². The highest BCUT2D eigenvalue weighted by molar-refractivity contribution is 7.13. The Morgan fingerprint density at radius 1 is 1.20 bits per heavy atom. The summed E-state index contributed by atoms with van der Waals surface area (Å²) in [7, 11) is 0. The van der Waals surface area contributed by atoms with E-state index in [0.717, 1.165) is 27.7 Å². The molecule has 25 heavy (non-hydrogen) atoms. The molecule has 3 rings (SSSR count). The number of hydrazone groups is 1. The minimum Gasteiger partial charge on any atom is -0.489 e. The second-order valence-electron chi connectivity index (χ2n) is 5.27. The SMILES string of the molecule is Cc1csc(NN=Cc2cccc(OCc3ccc(Cl)c(Cl)c3)c2)n1. The van der Waals surface area contributed by atoms with Crippen molar-refractivity contribution in [3.05, 3.63) is 74.7 Å². The first-order valence-corrected chi connectivity index (χ1v) is 9.12. The minimum absolute atomic E-state index is 0.411. The molecule has 0 spiro atoms. The molecule has 0 aliphatic rings. The van der Waals surface area contributed by atoms with Crippen LogP contribution in [0.5, 0.6) is 5.75 Å². The molecule has 2 aromatic carbocycles. The Morgan fingerprint density at radius 3 is 2.84 bits per heavy atom. The van der Waals surface area contributed by atoms with Gasteiger partial charge in [0.15, 0.2) is 0 Å². The minimum atomic E-state index is 0.411. The fourth-order valence-corrected chi connectivity index (χ4v) is 3.01. The molecule has 1 heterocycles. The Hall–Kier alpha value is -2.08. The van der Waals surface area contributed by atoms with Gasteiger partial charge >= 0.3 is 0 Å². The van der Waals surface area contributed by atoms with Crippen molar-refractivity contribution in [3.63, 3.8) is 0 Å². The number of benzene rings is 2. The van der Waals surface area contributed by atoms with E-state index in [9.17, 15) is 0 Å². The molecule has 0 saturated heterocycles. The second kappa shape index (κ2) is 8.34. The van der Waals surface area contributed by atoms with Gasteiger partial charge < -0.3 is 4.74 Å². The maximum Gasteiger partial charge on any atom is 0.203 e. The lowest BCUT2D eigenvalue weighted by molar-refractivity contribution is 0.306. The van der Waals surface area contributed by atoms with E-state index in [2.05, 4.69) is 15.5 Å². The maximum absolute atomic E-state index is 6.01. The second-order valence-corrected chi connectivity index (χ2v) is 6.95. The molecule has 0 aliphatic carbocycles. The molecular formula is C18H15Cl2N3OS. The summed E-state index contributed by atoms with van der Waals surface area (Å²) in [5.41, 5.74) is 5.76. The normalized spacial score (nSPS) is 11.0. The number of thiazole rings is 1. The van der Waals surface area contributed by atoms with E-state index in [1.807, 2.05) is 42.6 Å². The molecule has 0 bridgehead atoms. The van der Waals surface area contributed by atoms with Crippen LogP contribution in [0.3, 0.4) is 0 Å². The summed E-state index contributed by atoms with van der Waals surface area (Å²) in [6, 6.07) is 13.1. The van der Waals surface area contributed by atoms with Gasteiger partial charge in [-0.3, -0.25) is 5.43 Å². The average molecular weight is 392 g/mol. The van der Waals surface area contributed by atoms with Crippen LogP contribution in [0, 0.1) is 6.92 Å². The van der Waals surface area contributed by atoms with Crippen molar-refractivity contribution in [2.45, 2.75) is 13.5 Å². The first-order chi connectivity index (χ1) is 12.1. The quantitative estimate of drug-likeness (QED) is 0.427. The standard InChI is InChI=1S/C18H15Cl2N3OS/c1-12-11-25-18(22-12)23-21-9-13-3-2-4-15(7-13)24-10-14-5-6-16(19)17(20)8-14/h2-9,11H,10H2,1H3,(H,22,23). The molecule has 3 aromatic rings. The van der Waals surface area contributed by atoms with Crippen molar-refractivity contribution in [2.75, 3.05) is 5.43 Å². The summed E-state index contributed by atoms with van der Waals surface area (Å²) in [5.74, 6) is 0.750. The van der Waals surface area contributed by atoms with Crippen LogP contribution in [0.4, 0.5) is 5.13 Å². The van der Waals surface area contributed by atoms with E-state index >= 15 is 0 Å². The van der Waals surface area contributed by atoms with Crippen LogP contribution in [0.1, 0.15) is 16.8 Å². The van der Waals surface area contributed by atoms with Gasteiger partial charge in [0.25, 0.3) is 0 Å². The lowest BCUT2D eigenvalue weighted by Crippen LogP contribution is -1.96. The fraction of sp³-hybridized carbons (Fsp3) is 0.111. The first kappa shape index (κ1) is 17.7. The zero-order valence-corrected chi connectivity index (χ0v) is 15.7. The molecule has 0 aliphatic heterocycles. The number of ether oxygens (including phenoxy) is 1. The number of halogens is 2. The predicted molar refractivity (Wildman–Crippen MR) is 105 cm³/mol. The van der Waals surface area contributed by atoms with Gasteiger partial charge in [-0.2, -0.15) is 5.10 Å². The van der Waals surface area contributed by atoms with E-state index in [1.54, 1.807) is 18.3 Å². The van der Waals surface area contributed by atoms with Crippen LogP contribution in [0.2, 0.25) is 10.0 Å². The number of hydrogen-bond acceptors (Lipinski definition) is 5. The number of aromatic nitrogens is 1. The van der Waals surface area contributed by atoms with Crippen LogP contribution in [-0.4, -0.2) is 11.2 Å². The Balaban J connectivity index is 1.59. The molecule has 0 atom stereocenters. The highest BCUT2D eigenvalue weighted by Gasteiger charge is 2.01. The summed E-state index contributed by atoms with van der Waals surface area (Å²) in [5, 5.41) is 7.98. The summed E-state index contributed by atoms with van der Waals surface area (Å²) in [6.45, 7) is 2.36. The lowest BCUT2D eigenvalue weighted by atomic mass is 10.2. The van der Waals surface area contributed by atoms with Gasteiger partial charge in [-0.05, 0) is 42.3 Å². The Labute approximate surface area is 160 Å². The summed E-state index contributed by atoms with van der Waals surface area (Å²) in [6.07, 6.45) is 1.72.